The van der Waals surface area contributed by atoms with Gasteiger partial charge in [-0.2, -0.15) is 0 Å². The van der Waals surface area contributed by atoms with Gasteiger partial charge in [-0.1, -0.05) is 25.1 Å². The average molecular weight is 262 g/mol. The molecule has 1 atom stereocenters. The number of carbonyl (C=O) groups excluding carboxylic acids is 1. The summed E-state index contributed by atoms with van der Waals surface area (Å²) in [6.45, 7) is 3.39. The van der Waals surface area contributed by atoms with E-state index in [1.165, 1.54) is 0 Å². The number of anilines is 1. The number of carboxylic acids is 1. The van der Waals surface area contributed by atoms with Gasteiger partial charge in [0.15, 0.2) is 0 Å². The summed E-state index contributed by atoms with van der Waals surface area (Å²) in [6.07, 6.45) is 0. The zero-order chi connectivity index (χ0) is 13.8. The van der Waals surface area contributed by atoms with Crippen LogP contribution in [0, 0.1) is 11.8 Å². The molecule has 1 amide bonds. The maximum absolute atomic E-state index is 11.8. The lowest BCUT2D eigenvalue weighted by Crippen LogP contribution is -2.53. The lowest BCUT2D eigenvalue weighted by Gasteiger charge is -2.40. The van der Waals surface area contributed by atoms with E-state index in [0.717, 1.165) is 5.69 Å². The fourth-order valence-corrected chi connectivity index (χ4v) is 2.18. The zero-order valence-corrected chi connectivity index (χ0v) is 10.9. The number of benzene rings is 1. The first-order valence-electron chi connectivity index (χ1n) is 6.36. The summed E-state index contributed by atoms with van der Waals surface area (Å²) in [5, 5.41) is 11.7. The summed E-state index contributed by atoms with van der Waals surface area (Å²) >= 11 is 0. The molecule has 0 bridgehead atoms. The Morgan fingerprint density at radius 1 is 1.37 bits per heavy atom. The third-order valence-corrected chi connectivity index (χ3v) is 3.51. The van der Waals surface area contributed by atoms with E-state index in [0.29, 0.717) is 19.6 Å². The number of hydrogen-bond acceptors (Lipinski definition) is 3. The molecule has 2 rings (SSSR count). The second-order valence-corrected chi connectivity index (χ2v) is 5.00. The highest BCUT2D eigenvalue weighted by atomic mass is 16.4. The second-order valence-electron chi connectivity index (χ2n) is 5.00. The summed E-state index contributed by atoms with van der Waals surface area (Å²) in [5.41, 5.74) is 0.781. The van der Waals surface area contributed by atoms with Gasteiger partial charge < -0.3 is 10.4 Å². The molecule has 1 aliphatic rings. The first-order chi connectivity index (χ1) is 9.06. The molecular weight excluding hydrogens is 244 g/mol. The van der Waals surface area contributed by atoms with Crippen LogP contribution < -0.4 is 5.32 Å². The van der Waals surface area contributed by atoms with Crippen molar-refractivity contribution in [1.82, 2.24) is 4.90 Å². The van der Waals surface area contributed by atoms with Crippen molar-refractivity contribution in [3.63, 3.8) is 0 Å². The maximum atomic E-state index is 11.8. The number of rotatable bonds is 5. The number of nitrogens with zero attached hydrogens (tertiary/aromatic N) is 1. The third-order valence-electron chi connectivity index (χ3n) is 3.51. The minimum Gasteiger partial charge on any atom is -0.481 e. The van der Waals surface area contributed by atoms with Gasteiger partial charge in [0.1, 0.15) is 0 Å². The standard InChI is InChI=1S/C14H18N2O3/c1-10(14(18)19)11-7-16(8-11)9-13(17)15-12-5-3-2-4-6-12/h2-6,10-11H,7-9H2,1H3,(H,15,17)(H,18,19). The Bertz CT molecular complexity index is 455. The molecule has 0 saturated carbocycles. The minimum atomic E-state index is -0.765. The van der Waals surface area contributed by atoms with Crippen molar-refractivity contribution >= 4 is 17.6 Å². The van der Waals surface area contributed by atoms with Crippen molar-refractivity contribution in [2.75, 3.05) is 25.0 Å². The van der Waals surface area contributed by atoms with Crippen LogP contribution in [0.25, 0.3) is 0 Å². The van der Waals surface area contributed by atoms with E-state index in [2.05, 4.69) is 5.32 Å². The number of amides is 1. The van der Waals surface area contributed by atoms with Gasteiger partial charge in [0.2, 0.25) is 5.91 Å². The molecule has 1 fully saturated rings. The Hall–Kier alpha value is -1.88. The van der Waals surface area contributed by atoms with Crippen LogP contribution in [-0.2, 0) is 9.59 Å². The molecule has 1 aromatic rings. The predicted octanol–water partition coefficient (Wildman–Crippen LogP) is 1.28. The Kier molecular flexibility index (Phi) is 4.16. The van der Waals surface area contributed by atoms with E-state index in [-0.39, 0.29) is 17.7 Å². The van der Waals surface area contributed by atoms with E-state index in [1.54, 1.807) is 6.92 Å². The van der Waals surface area contributed by atoms with Crippen LogP contribution in [-0.4, -0.2) is 41.5 Å². The Morgan fingerprint density at radius 2 is 2.00 bits per heavy atom. The van der Waals surface area contributed by atoms with Crippen molar-refractivity contribution in [3.8, 4) is 0 Å². The van der Waals surface area contributed by atoms with Gasteiger partial charge in [0.05, 0.1) is 12.5 Å². The fraction of sp³-hybridized carbons (Fsp3) is 0.429. The molecule has 1 aliphatic heterocycles. The highest BCUT2D eigenvalue weighted by molar-refractivity contribution is 5.92. The molecule has 1 aromatic carbocycles. The van der Waals surface area contributed by atoms with E-state index >= 15 is 0 Å². The quantitative estimate of drug-likeness (QED) is 0.838. The fourth-order valence-electron chi connectivity index (χ4n) is 2.18. The molecular formula is C14H18N2O3. The van der Waals surface area contributed by atoms with E-state index < -0.39 is 5.97 Å². The molecule has 0 radical (unpaired) electrons. The van der Waals surface area contributed by atoms with Gasteiger partial charge in [0, 0.05) is 18.8 Å². The predicted molar refractivity (Wildman–Crippen MR) is 71.8 cm³/mol. The molecule has 0 spiro atoms. The van der Waals surface area contributed by atoms with Gasteiger partial charge >= 0.3 is 5.97 Å². The third kappa shape index (κ3) is 3.54. The highest BCUT2D eigenvalue weighted by Crippen LogP contribution is 2.23. The second kappa shape index (κ2) is 5.84. The van der Waals surface area contributed by atoms with Crippen molar-refractivity contribution in [1.29, 1.82) is 0 Å². The SMILES string of the molecule is CC(C(=O)O)C1CN(CC(=O)Nc2ccccc2)C1. The lowest BCUT2D eigenvalue weighted by molar-refractivity contribution is -0.145. The number of para-hydroxylation sites is 1. The average Bonchev–Trinajstić information content (AvgIpc) is 2.33. The molecule has 5 heteroatoms. The largest absolute Gasteiger partial charge is 0.481 e. The van der Waals surface area contributed by atoms with Crippen LogP contribution in [0.5, 0.6) is 0 Å². The van der Waals surface area contributed by atoms with E-state index in [9.17, 15) is 9.59 Å². The molecule has 5 nitrogen and oxygen atoms in total. The van der Waals surface area contributed by atoms with Crippen LogP contribution >= 0.6 is 0 Å². The lowest BCUT2D eigenvalue weighted by atomic mass is 9.87. The van der Waals surface area contributed by atoms with Crippen LogP contribution in [0.3, 0.4) is 0 Å². The summed E-state index contributed by atoms with van der Waals surface area (Å²) in [5.74, 6) is -1.01. The Morgan fingerprint density at radius 3 is 2.58 bits per heavy atom. The van der Waals surface area contributed by atoms with Crippen molar-refractivity contribution in [2.45, 2.75) is 6.92 Å². The molecule has 1 saturated heterocycles. The minimum absolute atomic E-state index is 0.0624. The zero-order valence-electron chi connectivity index (χ0n) is 10.9. The van der Waals surface area contributed by atoms with Gasteiger partial charge in [-0.3, -0.25) is 14.5 Å². The summed E-state index contributed by atoms with van der Waals surface area (Å²) in [7, 11) is 0. The van der Waals surface area contributed by atoms with Crippen molar-refractivity contribution < 1.29 is 14.7 Å². The number of nitrogens with one attached hydrogen (secondary N) is 1. The molecule has 0 aliphatic carbocycles. The molecule has 2 N–H and O–H groups in total. The first-order valence-corrected chi connectivity index (χ1v) is 6.36. The maximum Gasteiger partial charge on any atom is 0.306 e. The van der Waals surface area contributed by atoms with Gasteiger partial charge in [0.25, 0.3) is 0 Å². The smallest absolute Gasteiger partial charge is 0.306 e. The molecule has 19 heavy (non-hydrogen) atoms. The number of carboxylic acid groups (broad SMARTS) is 1. The number of hydrogen-bond donors (Lipinski definition) is 2. The number of aliphatic carboxylic acids is 1. The van der Waals surface area contributed by atoms with Crippen LogP contribution in [0.2, 0.25) is 0 Å². The van der Waals surface area contributed by atoms with E-state index in [1.807, 2.05) is 35.2 Å². The first kappa shape index (κ1) is 13.5. The van der Waals surface area contributed by atoms with Crippen molar-refractivity contribution in [3.05, 3.63) is 30.3 Å². The molecule has 102 valence electrons. The molecule has 1 heterocycles. The normalized spacial score (nSPS) is 17.5. The highest BCUT2D eigenvalue weighted by Gasteiger charge is 2.35. The molecule has 0 aromatic heterocycles. The number of likely N-dealkylation sites (tertiary alicyclic amines) is 1. The number of carbonyl (C=O) groups is 2. The monoisotopic (exact) mass is 262 g/mol. The van der Waals surface area contributed by atoms with Gasteiger partial charge in [-0.15, -0.1) is 0 Å². The Balaban J connectivity index is 1.73. The van der Waals surface area contributed by atoms with Gasteiger partial charge in [-0.25, -0.2) is 0 Å². The van der Waals surface area contributed by atoms with Crippen LogP contribution in [0.1, 0.15) is 6.92 Å². The van der Waals surface area contributed by atoms with E-state index in [4.69, 9.17) is 5.11 Å². The van der Waals surface area contributed by atoms with Crippen LogP contribution in [0.15, 0.2) is 30.3 Å². The topological polar surface area (TPSA) is 69.6 Å². The van der Waals surface area contributed by atoms with Crippen molar-refractivity contribution in [2.24, 2.45) is 11.8 Å². The summed E-state index contributed by atoms with van der Waals surface area (Å²) < 4.78 is 0. The summed E-state index contributed by atoms with van der Waals surface area (Å²) in [6, 6.07) is 9.29. The Labute approximate surface area is 112 Å². The van der Waals surface area contributed by atoms with Crippen LogP contribution in [0.4, 0.5) is 5.69 Å². The van der Waals surface area contributed by atoms with Gasteiger partial charge in [-0.05, 0) is 18.1 Å². The molecule has 1 unspecified atom stereocenters. The summed E-state index contributed by atoms with van der Waals surface area (Å²) in [4.78, 5) is 24.5.